The molecule has 20 heavy (non-hydrogen) atoms. The molecule has 0 saturated heterocycles. The minimum Gasteiger partial charge on any atom is -0.465 e. The minimum atomic E-state index is -0.641. The van der Waals surface area contributed by atoms with Gasteiger partial charge in [0.05, 0.1) is 24.8 Å². The molecule has 0 aliphatic carbocycles. The number of methoxy groups -OCH3 is 1. The third-order valence-corrected chi connectivity index (χ3v) is 3.02. The van der Waals surface area contributed by atoms with E-state index in [9.17, 15) is 14.4 Å². The lowest BCUT2D eigenvalue weighted by molar-refractivity contribution is 0.0524. The summed E-state index contributed by atoms with van der Waals surface area (Å²) in [5.74, 6) is -1.41. The zero-order valence-electron chi connectivity index (χ0n) is 12.3. The second-order valence-corrected chi connectivity index (χ2v) is 4.38. The van der Waals surface area contributed by atoms with E-state index in [1.54, 1.807) is 20.8 Å². The van der Waals surface area contributed by atoms with Crippen molar-refractivity contribution >= 4 is 17.7 Å². The van der Waals surface area contributed by atoms with E-state index in [1.165, 1.54) is 20.1 Å². The van der Waals surface area contributed by atoms with Gasteiger partial charge in [0.1, 0.15) is 0 Å². The van der Waals surface area contributed by atoms with Crippen molar-refractivity contribution in [1.82, 2.24) is 0 Å². The normalized spacial score (nSPS) is 10.1. The fourth-order valence-corrected chi connectivity index (χ4v) is 2.14. The Hall–Kier alpha value is -2.17. The molecule has 1 aromatic rings. The summed E-state index contributed by atoms with van der Waals surface area (Å²) in [5.41, 5.74) is 1.67. The molecule has 0 saturated carbocycles. The topological polar surface area (TPSA) is 69.7 Å². The number of carbonyl (C=O) groups excluding carboxylic acids is 3. The first-order valence-electron chi connectivity index (χ1n) is 6.25. The molecule has 0 aliphatic heterocycles. The second kappa shape index (κ2) is 6.32. The van der Waals surface area contributed by atoms with Crippen molar-refractivity contribution in [3.63, 3.8) is 0 Å². The van der Waals surface area contributed by atoms with Gasteiger partial charge in [-0.15, -0.1) is 0 Å². The van der Waals surface area contributed by atoms with E-state index < -0.39 is 11.9 Å². The van der Waals surface area contributed by atoms with Gasteiger partial charge in [0.15, 0.2) is 5.78 Å². The highest BCUT2D eigenvalue weighted by atomic mass is 16.5. The standard InChI is InChI=1S/C15H18O5/c1-6-20-15(18)12-8(2)7-11(10(4)16)13(9(12)3)14(17)19-5/h7H,6H2,1-5H3. The maximum atomic E-state index is 12.0. The number of benzene rings is 1. The fraction of sp³-hybridized carbons (Fsp3) is 0.400. The number of Topliss-reactive ketones (excluding diaryl/α,β-unsaturated/α-hetero) is 1. The van der Waals surface area contributed by atoms with Crippen LogP contribution in [-0.4, -0.2) is 31.4 Å². The third-order valence-electron chi connectivity index (χ3n) is 3.02. The Bertz CT molecular complexity index is 572. The Labute approximate surface area is 117 Å². The van der Waals surface area contributed by atoms with Crippen molar-refractivity contribution in [2.24, 2.45) is 0 Å². The molecule has 1 rings (SSSR count). The van der Waals surface area contributed by atoms with Gasteiger partial charge in [0.25, 0.3) is 0 Å². The highest BCUT2D eigenvalue weighted by molar-refractivity contribution is 6.09. The zero-order chi connectivity index (χ0) is 15.4. The maximum absolute atomic E-state index is 12.0. The van der Waals surface area contributed by atoms with Crippen molar-refractivity contribution in [2.75, 3.05) is 13.7 Å². The summed E-state index contributed by atoms with van der Waals surface area (Å²) in [6.45, 7) is 6.61. The largest absolute Gasteiger partial charge is 0.465 e. The van der Waals surface area contributed by atoms with Gasteiger partial charge in [-0.2, -0.15) is 0 Å². The Morgan fingerprint density at radius 3 is 2.15 bits per heavy atom. The van der Waals surface area contributed by atoms with Crippen molar-refractivity contribution in [3.05, 3.63) is 33.9 Å². The van der Waals surface area contributed by atoms with E-state index in [2.05, 4.69) is 0 Å². The van der Waals surface area contributed by atoms with Gasteiger partial charge in [-0.1, -0.05) is 0 Å². The highest BCUT2D eigenvalue weighted by Gasteiger charge is 2.25. The molecule has 5 nitrogen and oxygen atoms in total. The molecule has 0 spiro atoms. The summed E-state index contributed by atoms with van der Waals surface area (Å²) in [5, 5.41) is 0. The summed E-state index contributed by atoms with van der Waals surface area (Å²) in [4.78, 5) is 35.5. The Morgan fingerprint density at radius 2 is 1.70 bits per heavy atom. The fourth-order valence-electron chi connectivity index (χ4n) is 2.14. The number of ketones is 1. The van der Waals surface area contributed by atoms with Crippen molar-refractivity contribution in [2.45, 2.75) is 27.7 Å². The Balaban J connectivity index is 3.62. The van der Waals surface area contributed by atoms with E-state index >= 15 is 0 Å². The summed E-state index contributed by atoms with van der Waals surface area (Å²) >= 11 is 0. The van der Waals surface area contributed by atoms with Crippen LogP contribution in [0.4, 0.5) is 0 Å². The monoisotopic (exact) mass is 278 g/mol. The molecule has 108 valence electrons. The zero-order valence-corrected chi connectivity index (χ0v) is 12.3. The second-order valence-electron chi connectivity index (χ2n) is 4.38. The summed E-state index contributed by atoms with van der Waals surface area (Å²) in [6.07, 6.45) is 0. The van der Waals surface area contributed by atoms with Crippen LogP contribution < -0.4 is 0 Å². The van der Waals surface area contributed by atoms with E-state index in [4.69, 9.17) is 9.47 Å². The lowest BCUT2D eigenvalue weighted by Gasteiger charge is -2.15. The Kier molecular flexibility index (Phi) is 5.02. The molecule has 0 unspecified atom stereocenters. The first-order chi connectivity index (χ1) is 9.34. The van der Waals surface area contributed by atoms with Crippen LogP contribution in [0.5, 0.6) is 0 Å². The van der Waals surface area contributed by atoms with Crippen molar-refractivity contribution in [3.8, 4) is 0 Å². The molecule has 0 amide bonds. The lowest BCUT2D eigenvalue weighted by atomic mass is 9.91. The van der Waals surface area contributed by atoms with E-state index in [0.717, 1.165) is 0 Å². The maximum Gasteiger partial charge on any atom is 0.338 e. The molecule has 0 heterocycles. The van der Waals surface area contributed by atoms with Gasteiger partial charge in [-0.05, 0) is 44.9 Å². The number of esters is 2. The van der Waals surface area contributed by atoms with Gasteiger partial charge in [0, 0.05) is 5.56 Å². The van der Waals surface area contributed by atoms with Crippen LogP contribution in [0.25, 0.3) is 0 Å². The average molecular weight is 278 g/mol. The summed E-state index contributed by atoms with van der Waals surface area (Å²) in [6, 6.07) is 1.52. The van der Waals surface area contributed by atoms with Gasteiger partial charge < -0.3 is 9.47 Å². The molecule has 0 N–H and O–H groups in total. The lowest BCUT2D eigenvalue weighted by Crippen LogP contribution is -2.17. The number of hydrogen-bond acceptors (Lipinski definition) is 5. The summed E-state index contributed by atoms with van der Waals surface area (Å²) in [7, 11) is 1.23. The predicted molar refractivity (Wildman–Crippen MR) is 73.2 cm³/mol. The smallest absolute Gasteiger partial charge is 0.338 e. The Morgan fingerprint density at radius 1 is 1.10 bits per heavy atom. The third kappa shape index (κ3) is 2.87. The van der Waals surface area contributed by atoms with E-state index in [0.29, 0.717) is 16.7 Å². The number of aryl methyl sites for hydroxylation is 1. The van der Waals surface area contributed by atoms with Gasteiger partial charge >= 0.3 is 11.9 Å². The van der Waals surface area contributed by atoms with Crippen LogP contribution in [0.15, 0.2) is 6.07 Å². The molecule has 1 aromatic carbocycles. The quantitative estimate of drug-likeness (QED) is 0.625. The van der Waals surface area contributed by atoms with Crippen LogP contribution in [0.3, 0.4) is 0 Å². The van der Waals surface area contributed by atoms with Gasteiger partial charge in [0.2, 0.25) is 0 Å². The molecule has 0 radical (unpaired) electrons. The van der Waals surface area contributed by atoms with E-state index in [-0.39, 0.29) is 23.5 Å². The van der Waals surface area contributed by atoms with Crippen molar-refractivity contribution in [1.29, 1.82) is 0 Å². The SMILES string of the molecule is CCOC(=O)c1c(C)cc(C(C)=O)c(C(=O)OC)c1C. The first-order valence-corrected chi connectivity index (χ1v) is 6.25. The van der Waals surface area contributed by atoms with Gasteiger partial charge in [-0.3, -0.25) is 4.79 Å². The molecule has 0 aromatic heterocycles. The van der Waals surface area contributed by atoms with Crippen LogP contribution in [0.2, 0.25) is 0 Å². The van der Waals surface area contributed by atoms with Crippen molar-refractivity contribution < 1.29 is 23.9 Å². The van der Waals surface area contributed by atoms with Gasteiger partial charge in [-0.25, -0.2) is 9.59 Å². The summed E-state index contributed by atoms with van der Waals surface area (Å²) < 4.78 is 9.68. The average Bonchev–Trinajstić information content (AvgIpc) is 2.37. The molecule has 0 aliphatic rings. The van der Waals surface area contributed by atoms with Crippen LogP contribution in [-0.2, 0) is 9.47 Å². The molecular formula is C15H18O5. The van der Waals surface area contributed by atoms with Crippen LogP contribution in [0, 0.1) is 13.8 Å². The number of rotatable bonds is 4. The number of hydrogen-bond donors (Lipinski definition) is 0. The highest BCUT2D eigenvalue weighted by Crippen LogP contribution is 2.25. The molecule has 0 atom stereocenters. The molecule has 0 bridgehead atoms. The van der Waals surface area contributed by atoms with Crippen LogP contribution >= 0.6 is 0 Å². The molecular weight excluding hydrogens is 260 g/mol. The molecule has 5 heteroatoms. The number of ether oxygens (including phenoxy) is 2. The van der Waals surface area contributed by atoms with E-state index in [1.807, 2.05) is 0 Å². The predicted octanol–water partition coefficient (Wildman–Crippen LogP) is 2.47. The molecule has 0 fully saturated rings. The number of carbonyl (C=O) groups is 3. The van der Waals surface area contributed by atoms with Crippen LogP contribution in [0.1, 0.15) is 56.0 Å². The minimum absolute atomic E-state index is 0.119. The first kappa shape index (κ1) is 15.9.